The van der Waals surface area contributed by atoms with E-state index in [4.69, 9.17) is 5.84 Å². The molecule has 2 rings (SSSR count). The van der Waals surface area contributed by atoms with Crippen molar-refractivity contribution in [1.82, 2.24) is 15.2 Å². The van der Waals surface area contributed by atoms with Gasteiger partial charge in [0.25, 0.3) is 5.91 Å². The summed E-state index contributed by atoms with van der Waals surface area (Å²) in [5.41, 5.74) is 5.23. The third-order valence-electron chi connectivity index (χ3n) is 4.14. The van der Waals surface area contributed by atoms with Crippen LogP contribution in [0.25, 0.3) is 0 Å². The largest absolute Gasteiger partial charge is 0.352 e. The zero-order valence-electron chi connectivity index (χ0n) is 15.8. The molecule has 0 aliphatic carbocycles. The first-order valence-electron chi connectivity index (χ1n) is 8.99. The standard InChI is InChI=1S/C20H29N5O/c1-15(2)18-12-17(13-19(23-18)24-21)20(26)22-10-7-11-25(3)14-16-8-5-4-6-9-16/h4-6,8-9,12-13,15H,7,10-11,14,21H2,1-3H3,(H,22,26)(H,23,24). The number of nitrogen functional groups attached to an aromatic ring is 1. The van der Waals surface area contributed by atoms with Gasteiger partial charge in [0.15, 0.2) is 0 Å². The maximum atomic E-state index is 12.4. The van der Waals surface area contributed by atoms with Crippen LogP contribution in [0.15, 0.2) is 42.5 Å². The van der Waals surface area contributed by atoms with Crippen LogP contribution >= 0.6 is 0 Å². The lowest BCUT2D eigenvalue weighted by molar-refractivity contribution is 0.0951. The Morgan fingerprint density at radius 3 is 2.62 bits per heavy atom. The van der Waals surface area contributed by atoms with Crippen LogP contribution in [-0.4, -0.2) is 35.9 Å². The molecule has 0 aliphatic heterocycles. The van der Waals surface area contributed by atoms with Crippen LogP contribution in [0.3, 0.4) is 0 Å². The van der Waals surface area contributed by atoms with E-state index in [0.29, 0.717) is 17.9 Å². The molecule has 1 aromatic carbocycles. The second kappa shape index (κ2) is 9.89. The highest BCUT2D eigenvalue weighted by Gasteiger charge is 2.11. The molecule has 4 N–H and O–H groups in total. The lowest BCUT2D eigenvalue weighted by Crippen LogP contribution is -2.28. The van der Waals surface area contributed by atoms with Crippen molar-refractivity contribution in [1.29, 1.82) is 0 Å². The molecule has 2 aromatic rings. The number of hydrogen-bond donors (Lipinski definition) is 3. The van der Waals surface area contributed by atoms with Crippen molar-refractivity contribution in [2.45, 2.75) is 32.7 Å². The van der Waals surface area contributed by atoms with Crippen molar-refractivity contribution in [2.24, 2.45) is 5.84 Å². The number of nitrogens with zero attached hydrogens (tertiary/aromatic N) is 2. The first-order valence-corrected chi connectivity index (χ1v) is 8.99. The fraction of sp³-hybridized carbons (Fsp3) is 0.400. The van der Waals surface area contributed by atoms with E-state index in [9.17, 15) is 4.79 Å². The quantitative estimate of drug-likeness (QED) is 0.366. The van der Waals surface area contributed by atoms with E-state index in [1.165, 1.54) is 5.56 Å². The molecule has 0 spiro atoms. The summed E-state index contributed by atoms with van der Waals surface area (Å²) in [6.45, 7) is 6.52. The number of aromatic nitrogens is 1. The summed E-state index contributed by atoms with van der Waals surface area (Å²) in [6.07, 6.45) is 0.888. The number of carbonyl (C=O) groups excluding carboxylic acids is 1. The Labute approximate surface area is 155 Å². The smallest absolute Gasteiger partial charge is 0.251 e. The molecule has 0 saturated carbocycles. The van der Waals surface area contributed by atoms with Crippen molar-refractivity contribution in [3.05, 3.63) is 59.3 Å². The number of hydrazine groups is 1. The summed E-state index contributed by atoms with van der Waals surface area (Å²) >= 11 is 0. The van der Waals surface area contributed by atoms with Crippen molar-refractivity contribution >= 4 is 11.7 Å². The summed E-state index contributed by atoms with van der Waals surface area (Å²) in [5.74, 6) is 6.08. The topological polar surface area (TPSA) is 83.3 Å². The van der Waals surface area contributed by atoms with Crippen molar-refractivity contribution in [3.63, 3.8) is 0 Å². The Hall–Kier alpha value is -2.44. The van der Waals surface area contributed by atoms with Gasteiger partial charge in [-0.2, -0.15) is 0 Å². The van der Waals surface area contributed by atoms with Gasteiger partial charge in [-0.15, -0.1) is 0 Å². The molecule has 1 aromatic heterocycles. The number of hydrogen-bond acceptors (Lipinski definition) is 5. The maximum Gasteiger partial charge on any atom is 0.251 e. The van der Waals surface area contributed by atoms with Crippen LogP contribution < -0.4 is 16.6 Å². The number of carbonyl (C=O) groups is 1. The number of nitrogens with one attached hydrogen (secondary N) is 2. The normalized spacial score (nSPS) is 11.0. The average molecular weight is 355 g/mol. The molecule has 0 fully saturated rings. The van der Waals surface area contributed by atoms with E-state index in [1.807, 2.05) is 38.1 Å². The van der Waals surface area contributed by atoms with Gasteiger partial charge in [-0.3, -0.25) is 4.79 Å². The zero-order chi connectivity index (χ0) is 18.9. The number of nitrogens with two attached hydrogens (primary N) is 1. The molecule has 1 amide bonds. The molecule has 0 radical (unpaired) electrons. The zero-order valence-corrected chi connectivity index (χ0v) is 15.8. The minimum absolute atomic E-state index is 0.100. The van der Waals surface area contributed by atoms with Crippen molar-refractivity contribution < 1.29 is 4.79 Å². The van der Waals surface area contributed by atoms with Gasteiger partial charge < -0.3 is 15.6 Å². The predicted molar refractivity (Wildman–Crippen MR) is 106 cm³/mol. The third-order valence-corrected chi connectivity index (χ3v) is 4.14. The van der Waals surface area contributed by atoms with Crippen LogP contribution in [-0.2, 0) is 6.54 Å². The van der Waals surface area contributed by atoms with Gasteiger partial charge in [0.05, 0.1) is 0 Å². The Morgan fingerprint density at radius 1 is 1.23 bits per heavy atom. The monoisotopic (exact) mass is 355 g/mol. The maximum absolute atomic E-state index is 12.4. The van der Waals surface area contributed by atoms with Crippen LogP contribution in [0.2, 0.25) is 0 Å². The minimum atomic E-state index is -0.100. The lowest BCUT2D eigenvalue weighted by atomic mass is 10.1. The molecule has 0 aliphatic rings. The molecule has 0 bridgehead atoms. The van der Waals surface area contributed by atoms with Crippen LogP contribution in [0.1, 0.15) is 47.8 Å². The molecule has 6 heteroatoms. The summed E-state index contributed by atoms with van der Waals surface area (Å²) in [6, 6.07) is 13.9. The summed E-state index contributed by atoms with van der Waals surface area (Å²) in [4.78, 5) is 19.0. The molecule has 26 heavy (non-hydrogen) atoms. The van der Waals surface area contributed by atoms with E-state index in [-0.39, 0.29) is 11.8 Å². The van der Waals surface area contributed by atoms with Crippen LogP contribution in [0, 0.1) is 0 Å². The van der Waals surface area contributed by atoms with E-state index < -0.39 is 0 Å². The van der Waals surface area contributed by atoms with E-state index in [0.717, 1.165) is 25.2 Å². The highest BCUT2D eigenvalue weighted by atomic mass is 16.1. The van der Waals surface area contributed by atoms with Crippen LogP contribution in [0.4, 0.5) is 5.82 Å². The van der Waals surface area contributed by atoms with Crippen molar-refractivity contribution in [2.75, 3.05) is 25.6 Å². The molecular weight excluding hydrogens is 326 g/mol. The van der Waals surface area contributed by atoms with Gasteiger partial charge >= 0.3 is 0 Å². The van der Waals surface area contributed by atoms with Gasteiger partial charge in [-0.05, 0) is 43.6 Å². The molecular formula is C20H29N5O. The highest BCUT2D eigenvalue weighted by molar-refractivity contribution is 5.95. The fourth-order valence-corrected chi connectivity index (χ4v) is 2.68. The fourth-order valence-electron chi connectivity index (χ4n) is 2.68. The predicted octanol–water partition coefficient (Wildman–Crippen LogP) is 2.74. The number of pyridine rings is 1. The van der Waals surface area contributed by atoms with Crippen molar-refractivity contribution in [3.8, 4) is 0 Å². The SMILES string of the molecule is CC(C)c1cc(C(=O)NCCCN(C)Cc2ccccc2)cc(NN)n1. The molecule has 140 valence electrons. The summed E-state index contributed by atoms with van der Waals surface area (Å²) in [5, 5.41) is 2.97. The van der Waals surface area contributed by atoms with E-state index in [1.54, 1.807) is 6.07 Å². The second-order valence-corrected chi connectivity index (χ2v) is 6.80. The van der Waals surface area contributed by atoms with Crippen LogP contribution in [0.5, 0.6) is 0 Å². The number of benzene rings is 1. The Balaban J connectivity index is 1.80. The van der Waals surface area contributed by atoms with Gasteiger partial charge in [0, 0.05) is 24.3 Å². The molecule has 1 heterocycles. The molecule has 0 unspecified atom stereocenters. The number of rotatable bonds is 9. The summed E-state index contributed by atoms with van der Waals surface area (Å²) < 4.78 is 0. The van der Waals surface area contributed by atoms with E-state index >= 15 is 0 Å². The first-order chi connectivity index (χ1) is 12.5. The first kappa shape index (κ1) is 19.9. The van der Waals surface area contributed by atoms with Gasteiger partial charge in [-0.1, -0.05) is 44.2 Å². The Morgan fingerprint density at radius 2 is 1.96 bits per heavy atom. The van der Waals surface area contributed by atoms with Gasteiger partial charge in [0.2, 0.25) is 0 Å². The summed E-state index contributed by atoms with van der Waals surface area (Å²) in [7, 11) is 2.09. The molecule has 6 nitrogen and oxygen atoms in total. The third kappa shape index (κ3) is 6.13. The van der Waals surface area contributed by atoms with E-state index in [2.05, 4.69) is 39.8 Å². The Bertz CT molecular complexity index is 703. The second-order valence-electron chi connectivity index (χ2n) is 6.80. The van der Waals surface area contributed by atoms with Gasteiger partial charge in [-0.25, -0.2) is 10.8 Å². The average Bonchev–Trinajstić information content (AvgIpc) is 2.65. The van der Waals surface area contributed by atoms with Gasteiger partial charge in [0.1, 0.15) is 5.82 Å². The minimum Gasteiger partial charge on any atom is -0.352 e. The molecule has 0 saturated heterocycles. The lowest BCUT2D eigenvalue weighted by Gasteiger charge is -2.17. The highest BCUT2D eigenvalue weighted by Crippen LogP contribution is 2.17. The number of anilines is 1. The number of amides is 1. The molecule has 0 atom stereocenters. The Kier molecular flexibility index (Phi) is 7.56.